The number of rotatable bonds is 4. The van der Waals surface area contributed by atoms with E-state index >= 15 is 0 Å². The van der Waals surface area contributed by atoms with Gasteiger partial charge < -0.3 is 14.8 Å². The van der Waals surface area contributed by atoms with Gasteiger partial charge in [0.1, 0.15) is 0 Å². The third kappa shape index (κ3) is 3.23. The number of hydrogen-bond donors (Lipinski definition) is 1. The minimum atomic E-state index is 0.0435. The molecule has 1 aliphatic heterocycles. The van der Waals surface area contributed by atoms with Gasteiger partial charge in [-0.2, -0.15) is 0 Å². The van der Waals surface area contributed by atoms with Gasteiger partial charge in [-0.25, -0.2) is 0 Å². The maximum atomic E-state index is 5.87. The molecule has 29 heavy (non-hydrogen) atoms. The second-order valence-corrected chi connectivity index (χ2v) is 8.45. The average molecular weight is 403 g/mol. The zero-order valence-electron chi connectivity index (χ0n) is 16.7. The van der Waals surface area contributed by atoms with Gasteiger partial charge in [-0.3, -0.25) is 4.98 Å². The van der Waals surface area contributed by atoms with Crippen molar-refractivity contribution in [3.8, 4) is 5.69 Å². The van der Waals surface area contributed by atoms with Crippen LogP contribution in [0.15, 0.2) is 67.0 Å². The van der Waals surface area contributed by atoms with Gasteiger partial charge in [0.15, 0.2) is 5.11 Å². The Kier molecular flexibility index (Phi) is 4.84. The Labute approximate surface area is 177 Å². The molecule has 4 nitrogen and oxygen atoms in total. The van der Waals surface area contributed by atoms with E-state index in [-0.39, 0.29) is 12.1 Å². The maximum Gasteiger partial charge on any atom is 0.170 e. The van der Waals surface area contributed by atoms with Crippen LogP contribution in [0.3, 0.4) is 0 Å². The first-order valence-corrected chi connectivity index (χ1v) is 10.9. The van der Waals surface area contributed by atoms with Crippen LogP contribution in [0.4, 0.5) is 0 Å². The van der Waals surface area contributed by atoms with Crippen molar-refractivity contribution in [3.63, 3.8) is 0 Å². The highest BCUT2D eigenvalue weighted by atomic mass is 32.1. The smallest absolute Gasteiger partial charge is 0.170 e. The van der Waals surface area contributed by atoms with E-state index in [1.807, 2.05) is 12.3 Å². The number of aryl methyl sites for hydroxylation is 1. The van der Waals surface area contributed by atoms with Crippen molar-refractivity contribution in [1.82, 2.24) is 19.8 Å². The summed E-state index contributed by atoms with van der Waals surface area (Å²) in [5, 5.41) is 4.47. The van der Waals surface area contributed by atoms with Gasteiger partial charge in [0, 0.05) is 29.8 Å². The highest BCUT2D eigenvalue weighted by Crippen LogP contribution is 2.43. The van der Waals surface area contributed by atoms with Gasteiger partial charge in [-0.05, 0) is 67.9 Å². The molecule has 1 aromatic carbocycles. The molecule has 1 saturated heterocycles. The van der Waals surface area contributed by atoms with Crippen LogP contribution in [0.2, 0.25) is 0 Å². The predicted molar refractivity (Wildman–Crippen MR) is 120 cm³/mol. The zero-order valence-corrected chi connectivity index (χ0v) is 17.5. The second-order valence-electron chi connectivity index (χ2n) is 8.06. The lowest BCUT2D eigenvalue weighted by Gasteiger charge is -2.33. The largest absolute Gasteiger partial charge is 0.352 e. The van der Waals surface area contributed by atoms with E-state index in [1.54, 1.807) is 0 Å². The number of aromatic nitrogens is 2. The Hall–Kier alpha value is -2.66. The van der Waals surface area contributed by atoms with Crippen molar-refractivity contribution in [2.24, 2.45) is 0 Å². The van der Waals surface area contributed by atoms with Crippen molar-refractivity contribution in [2.45, 2.75) is 50.7 Å². The summed E-state index contributed by atoms with van der Waals surface area (Å²) in [6.45, 7) is 2.17. The van der Waals surface area contributed by atoms with Crippen molar-refractivity contribution in [3.05, 3.63) is 83.9 Å². The number of pyridine rings is 1. The minimum Gasteiger partial charge on any atom is -0.352 e. The standard InChI is InChI=1S/C24H26N4S/c1-17-9-2-5-13-20(17)27-16-8-14-21(27)23-22(19-12-6-7-15-25-19)26-24(29)28(23)18-10-3-4-11-18/h2,5-9,12-16,18,22-23H,3-4,10-11H2,1H3,(H,26,29)/t22-,23-/m0/s1. The van der Waals surface area contributed by atoms with Crippen LogP contribution in [0.25, 0.3) is 5.69 Å². The summed E-state index contributed by atoms with van der Waals surface area (Å²) >= 11 is 5.87. The van der Waals surface area contributed by atoms with Crippen LogP contribution in [0, 0.1) is 6.92 Å². The molecule has 3 aromatic rings. The lowest BCUT2D eigenvalue weighted by atomic mass is 9.99. The molecule has 0 unspecified atom stereocenters. The molecule has 2 aliphatic rings. The molecule has 0 bridgehead atoms. The first-order valence-electron chi connectivity index (χ1n) is 10.5. The fourth-order valence-corrected chi connectivity index (χ4v) is 5.34. The molecule has 5 heteroatoms. The van der Waals surface area contributed by atoms with Crippen molar-refractivity contribution >= 4 is 17.3 Å². The molecule has 1 aliphatic carbocycles. The monoisotopic (exact) mass is 402 g/mol. The van der Waals surface area contributed by atoms with Gasteiger partial charge in [0.05, 0.1) is 17.8 Å². The van der Waals surface area contributed by atoms with E-state index in [0.29, 0.717) is 6.04 Å². The Balaban J connectivity index is 1.64. The molecule has 1 saturated carbocycles. The molecule has 3 heterocycles. The number of thiocarbonyl (C=S) groups is 1. The number of nitrogens with zero attached hydrogens (tertiary/aromatic N) is 3. The molecule has 5 rings (SSSR count). The van der Waals surface area contributed by atoms with Crippen molar-refractivity contribution in [2.75, 3.05) is 0 Å². The highest BCUT2D eigenvalue weighted by Gasteiger charge is 2.44. The maximum absolute atomic E-state index is 5.87. The number of benzene rings is 1. The fourth-order valence-electron chi connectivity index (χ4n) is 4.95. The summed E-state index contributed by atoms with van der Waals surface area (Å²) in [6.07, 6.45) is 9.01. The summed E-state index contributed by atoms with van der Waals surface area (Å²) in [6, 6.07) is 19.7. The molecule has 0 radical (unpaired) electrons. The average Bonchev–Trinajstić information content (AvgIpc) is 3.48. The molecule has 2 fully saturated rings. The van der Waals surface area contributed by atoms with Crippen LogP contribution in [0.1, 0.15) is 54.7 Å². The first kappa shape index (κ1) is 18.4. The first-order chi connectivity index (χ1) is 14.2. The molecule has 2 atom stereocenters. The van der Waals surface area contributed by atoms with E-state index in [0.717, 1.165) is 10.8 Å². The predicted octanol–water partition coefficient (Wildman–Crippen LogP) is 5.10. The number of hydrogen-bond acceptors (Lipinski definition) is 2. The highest BCUT2D eigenvalue weighted by molar-refractivity contribution is 7.80. The molecular formula is C24H26N4S. The SMILES string of the molecule is Cc1ccccc1-n1cccc1[C@H]1[C@H](c2ccccn2)NC(=S)N1C1CCCC1. The Morgan fingerprint density at radius 2 is 1.79 bits per heavy atom. The lowest BCUT2D eigenvalue weighted by Crippen LogP contribution is -2.38. The molecule has 2 aromatic heterocycles. The van der Waals surface area contributed by atoms with Gasteiger partial charge in [0.2, 0.25) is 0 Å². The molecule has 1 N–H and O–H groups in total. The zero-order chi connectivity index (χ0) is 19.8. The van der Waals surface area contributed by atoms with Crippen LogP contribution in [-0.4, -0.2) is 25.6 Å². The van der Waals surface area contributed by atoms with Gasteiger partial charge in [0.25, 0.3) is 0 Å². The Morgan fingerprint density at radius 1 is 1.00 bits per heavy atom. The van der Waals surface area contributed by atoms with Crippen LogP contribution >= 0.6 is 12.2 Å². The van der Waals surface area contributed by atoms with Crippen molar-refractivity contribution < 1.29 is 0 Å². The quantitative estimate of drug-likeness (QED) is 0.616. The number of nitrogens with one attached hydrogen (secondary N) is 1. The van der Waals surface area contributed by atoms with Crippen LogP contribution in [0.5, 0.6) is 0 Å². The van der Waals surface area contributed by atoms with E-state index in [1.165, 1.54) is 42.6 Å². The van der Waals surface area contributed by atoms with Gasteiger partial charge in [-0.15, -0.1) is 0 Å². The normalized spacial score (nSPS) is 22.2. The van der Waals surface area contributed by atoms with E-state index < -0.39 is 0 Å². The number of para-hydroxylation sites is 1. The summed E-state index contributed by atoms with van der Waals surface area (Å²) < 4.78 is 2.33. The summed E-state index contributed by atoms with van der Waals surface area (Å²) in [5.41, 5.74) is 4.78. The van der Waals surface area contributed by atoms with Gasteiger partial charge >= 0.3 is 0 Å². The minimum absolute atomic E-state index is 0.0435. The molecule has 0 amide bonds. The van der Waals surface area contributed by atoms with E-state index in [4.69, 9.17) is 12.2 Å². The van der Waals surface area contributed by atoms with Crippen molar-refractivity contribution in [1.29, 1.82) is 0 Å². The van der Waals surface area contributed by atoms with Crippen LogP contribution in [-0.2, 0) is 0 Å². The lowest BCUT2D eigenvalue weighted by molar-refractivity contribution is 0.239. The fraction of sp³-hybridized carbons (Fsp3) is 0.333. The van der Waals surface area contributed by atoms with E-state index in [9.17, 15) is 0 Å². The van der Waals surface area contributed by atoms with Crippen LogP contribution < -0.4 is 5.32 Å². The summed E-state index contributed by atoms with van der Waals surface area (Å²) in [4.78, 5) is 7.14. The Bertz CT molecular complexity index is 1010. The molecule has 148 valence electrons. The topological polar surface area (TPSA) is 33.1 Å². The Morgan fingerprint density at radius 3 is 2.55 bits per heavy atom. The molecular weight excluding hydrogens is 376 g/mol. The third-order valence-corrected chi connectivity index (χ3v) is 6.64. The summed E-state index contributed by atoms with van der Waals surface area (Å²) in [7, 11) is 0. The summed E-state index contributed by atoms with van der Waals surface area (Å²) in [5.74, 6) is 0. The van der Waals surface area contributed by atoms with E-state index in [2.05, 4.69) is 81.4 Å². The third-order valence-electron chi connectivity index (χ3n) is 6.31. The van der Waals surface area contributed by atoms with Gasteiger partial charge in [-0.1, -0.05) is 37.1 Å². The second kappa shape index (κ2) is 7.64. The molecule has 0 spiro atoms.